The summed E-state index contributed by atoms with van der Waals surface area (Å²) in [7, 11) is 0. The quantitative estimate of drug-likeness (QED) is 0.817. The van der Waals surface area contributed by atoms with E-state index in [1.807, 2.05) is 0 Å². The Labute approximate surface area is 124 Å². The topological polar surface area (TPSA) is 49.8 Å². The zero-order chi connectivity index (χ0) is 15.1. The first-order valence-corrected chi connectivity index (χ1v) is 7.30. The van der Waals surface area contributed by atoms with E-state index >= 15 is 0 Å². The maximum absolute atomic E-state index is 12.9. The van der Waals surface area contributed by atoms with Crippen LogP contribution in [0.1, 0.15) is 31.4 Å². The van der Waals surface area contributed by atoms with Crippen molar-refractivity contribution in [1.29, 1.82) is 0 Å². The standard InChI is InChI=1S/C16H21FN4/c1-3-9-18-15-14(4-2)16(21-11-20-15)19-10-12-5-7-13(17)8-6-12/h5-8,11H,3-4,9-10H2,1-2H3,(H2,18,19,20,21). The van der Waals surface area contributed by atoms with Gasteiger partial charge in [0.05, 0.1) is 0 Å². The highest BCUT2D eigenvalue weighted by Gasteiger charge is 2.09. The fraction of sp³-hybridized carbons (Fsp3) is 0.375. The molecule has 1 aromatic heterocycles. The Morgan fingerprint density at radius 3 is 2.29 bits per heavy atom. The number of aromatic nitrogens is 2. The van der Waals surface area contributed by atoms with Crippen molar-refractivity contribution in [3.8, 4) is 0 Å². The smallest absolute Gasteiger partial charge is 0.134 e. The van der Waals surface area contributed by atoms with Crippen molar-refractivity contribution in [1.82, 2.24) is 9.97 Å². The third-order valence-electron chi connectivity index (χ3n) is 3.21. The second kappa shape index (κ2) is 7.57. The van der Waals surface area contributed by atoms with Gasteiger partial charge in [-0.3, -0.25) is 0 Å². The number of hydrogen-bond acceptors (Lipinski definition) is 4. The van der Waals surface area contributed by atoms with Gasteiger partial charge in [0.25, 0.3) is 0 Å². The fourth-order valence-electron chi connectivity index (χ4n) is 2.08. The Balaban J connectivity index is 2.10. The fourth-order valence-corrected chi connectivity index (χ4v) is 2.08. The molecular weight excluding hydrogens is 267 g/mol. The van der Waals surface area contributed by atoms with Crippen LogP contribution in [0.5, 0.6) is 0 Å². The first kappa shape index (κ1) is 15.2. The van der Waals surface area contributed by atoms with Gasteiger partial charge in [0.15, 0.2) is 0 Å². The second-order valence-corrected chi connectivity index (χ2v) is 4.81. The monoisotopic (exact) mass is 288 g/mol. The van der Waals surface area contributed by atoms with Crippen LogP contribution in [0, 0.1) is 5.82 Å². The third-order valence-corrected chi connectivity index (χ3v) is 3.21. The first-order chi connectivity index (χ1) is 10.2. The molecule has 0 aliphatic rings. The maximum atomic E-state index is 12.9. The first-order valence-electron chi connectivity index (χ1n) is 7.30. The molecule has 0 saturated carbocycles. The maximum Gasteiger partial charge on any atom is 0.134 e. The largest absolute Gasteiger partial charge is 0.370 e. The minimum atomic E-state index is -0.221. The zero-order valence-electron chi connectivity index (χ0n) is 12.5. The number of anilines is 2. The molecule has 21 heavy (non-hydrogen) atoms. The lowest BCUT2D eigenvalue weighted by molar-refractivity contribution is 0.627. The predicted octanol–water partition coefficient (Wildman–Crippen LogP) is 3.61. The van der Waals surface area contributed by atoms with Gasteiger partial charge in [-0.25, -0.2) is 14.4 Å². The van der Waals surface area contributed by atoms with Crippen molar-refractivity contribution in [2.24, 2.45) is 0 Å². The van der Waals surface area contributed by atoms with Crippen molar-refractivity contribution in [3.05, 3.63) is 47.5 Å². The van der Waals surface area contributed by atoms with E-state index in [0.29, 0.717) is 6.54 Å². The van der Waals surface area contributed by atoms with E-state index in [1.165, 1.54) is 12.1 Å². The molecule has 0 radical (unpaired) electrons. The van der Waals surface area contributed by atoms with Gasteiger partial charge in [-0.1, -0.05) is 26.0 Å². The molecule has 0 aliphatic carbocycles. The molecule has 0 spiro atoms. The van der Waals surface area contributed by atoms with Crippen LogP contribution in [-0.2, 0) is 13.0 Å². The summed E-state index contributed by atoms with van der Waals surface area (Å²) in [5, 5.41) is 6.62. The molecule has 2 rings (SSSR count). The highest BCUT2D eigenvalue weighted by Crippen LogP contribution is 2.21. The molecule has 0 saturated heterocycles. The van der Waals surface area contributed by atoms with Crippen LogP contribution >= 0.6 is 0 Å². The molecular formula is C16H21FN4. The normalized spacial score (nSPS) is 10.4. The van der Waals surface area contributed by atoms with E-state index in [1.54, 1.807) is 18.5 Å². The Morgan fingerprint density at radius 2 is 1.67 bits per heavy atom. The Morgan fingerprint density at radius 1 is 1.00 bits per heavy atom. The highest BCUT2D eigenvalue weighted by molar-refractivity contribution is 5.57. The van der Waals surface area contributed by atoms with Crippen molar-refractivity contribution in [2.75, 3.05) is 17.2 Å². The summed E-state index contributed by atoms with van der Waals surface area (Å²) in [6, 6.07) is 6.47. The molecule has 1 heterocycles. The number of hydrogen-bond donors (Lipinski definition) is 2. The number of nitrogens with one attached hydrogen (secondary N) is 2. The molecule has 0 unspecified atom stereocenters. The van der Waals surface area contributed by atoms with Crippen LogP contribution in [0.3, 0.4) is 0 Å². The number of nitrogens with zero attached hydrogens (tertiary/aromatic N) is 2. The van der Waals surface area contributed by atoms with Crippen molar-refractivity contribution in [2.45, 2.75) is 33.2 Å². The average Bonchev–Trinajstić information content (AvgIpc) is 2.52. The van der Waals surface area contributed by atoms with E-state index in [0.717, 1.165) is 42.1 Å². The second-order valence-electron chi connectivity index (χ2n) is 4.81. The van der Waals surface area contributed by atoms with Crippen LogP contribution in [-0.4, -0.2) is 16.5 Å². The summed E-state index contributed by atoms with van der Waals surface area (Å²) in [5.41, 5.74) is 2.09. The van der Waals surface area contributed by atoms with Crippen molar-refractivity contribution in [3.63, 3.8) is 0 Å². The van der Waals surface area contributed by atoms with Gasteiger partial charge in [-0.2, -0.15) is 0 Å². The van der Waals surface area contributed by atoms with Gasteiger partial charge < -0.3 is 10.6 Å². The minimum Gasteiger partial charge on any atom is -0.370 e. The lowest BCUT2D eigenvalue weighted by atomic mass is 10.2. The Bertz CT molecular complexity index is 569. The molecule has 5 heteroatoms. The molecule has 0 amide bonds. The molecule has 2 N–H and O–H groups in total. The molecule has 0 fully saturated rings. The minimum absolute atomic E-state index is 0.221. The molecule has 0 atom stereocenters. The SMILES string of the molecule is CCCNc1ncnc(NCc2ccc(F)cc2)c1CC. The number of benzene rings is 1. The summed E-state index contributed by atoms with van der Waals surface area (Å²) in [6.45, 7) is 5.70. The molecule has 4 nitrogen and oxygen atoms in total. The van der Waals surface area contributed by atoms with E-state index in [9.17, 15) is 4.39 Å². The summed E-state index contributed by atoms with van der Waals surface area (Å²) in [5.74, 6) is 1.49. The third kappa shape index (κ3) is 4.15. The van der Waals surface area contributed by atoms with Gasteiger partial charge in [-0.15, -0.1) is 0 Å². The van der Waals surface area contributed by atoms with Gasteiger partial charge in [0, 0.05) is 18.7 Å². The van der Waals surface area contributed by atoms with Crippen LogP contribution in [0.15, 0.2) is 30.6 Å². The van der Waals surface area contributed by atoms with Crippen molar-refractivity contribution >= 4 is 11.6 Å². The summed E-state index contributed by atoms with van der Waals surface area (Å²) < 4.78 is 12.9. The van der Waals surface area contributed by atoms with Gasteiger partial charge >= 0.3 is 0 Å². The lowest BCUT2D eigenvalue weighted by Crippen LogP contribution is -2.10. The molecule has 1 aromatic carbocycles. The number of rotatable bonds is 7. The van der Waals surface area contributed by atoms with Gasteiger partial charge in [0.1, 0.15) is 23.8 Å². The summed E-state index contributed by atoms with van der Waals surface area (Å²) in [4.78, 5) is 8.62. The Hall–Kier alpha value is -2.17. The average molecular weight is 288 g/mol. The molecule has 0 bridgehead atoms. The molecule has 112 valence electrons. The summed E-state index contributed by atoms with van der Waals surface area (Å²) >= 11 is 0. The van der Waals surface area contributed by atoms with E-state index < -0.39 is 0 Å². The number of halogens is 1. The predicted molar refractivity (Wildman–Crippen MR) is 83.9 cm³/mol. The van der Waals surface area contributed by atoms with Gasteiger partial charge in [0.2, 0.25) is 0 Å². The van der Waals surface area contributed by atoms with Crippen LogP contribution in [0.25, 0.3) is 0 Å². The zero-order valence-corrected chi connectivity index (χ0v) is 12.5. The van der Waals surface area contributed by atoms with E-state index in [4.69, 9.17) is 0 Å². The van der Waals surface area contributed by atoms with Gasteiger partial charge in [-0.05, 0) is 30.5 Å². The molecule has 2 aromatic rings. The van der Waals surface area contributed by atoms with E-state index in [2.05, 4.69) is 34.4 Å². The van der Waals surface area contributed by atoms with Crippen LogP contribution < -0.4 is 10.6 Å². The van der Waals surface area contributed by atoms with Crippen LogP contribution in [0.4, 0.5) is 16.0 Å². The van der Waals surface area contributed by atoms with E-state index in [-0.39, 0.29) is 5.82 Å². The van der Waals surface area contributed by atoms with Crippen molar-refractivity contribution < 1.29 is 4.39 Å². The molecule has 0 aliphatic heterocycles. The summed E-state index contributed by atoms with van der Waals surface area (Å²) in [6.07, 6.45) is 3.45. The Kier molecular flexibility index (Phi) is 5.49. The lowest BCUT2D eigenvalue weighted by Gasteiger charge is -2.14. The van der Waals surface area contributed by atoms with Crippen LogP contribution in [0.2, 0.25) is 0 Å². The highest BCUT2D eigenvalue weighted by atomic mass is 19.1.